The first-order valence-corrected chi connectivity index (χ1v) is 11.4. The van der Waals surface area contributed by atoms with Crippen LogP contribution in [-0.4, -0.2) is 23.2 Å². The van der Waals surface area contributed by atoms with Gasteiger partial charge in [-0.2, -0.15) is 0 Å². The zero-order chi connectivity index (χ0) is 21.8. The summed E-state index contributed by atoms with van der Waals surface area (Å²) in [7, 11) is 0. The van der Waals surface area contributed by atoms with Gasteiger partial charge >= 0.3 is 0 Å². The molecule has 1 fully saturated rings. The lowest BCUT2D eigenvalue weighted by molar-refractivity contribution is -0.925. The quantitative estimate of drug-likeness (QED) is 0.457. The standard InChI is InChI=1S/C24H25N3O3S/c1-24(2)10-5-11-27(13-24)12-15-17(28)9-8-14-20(29)19(22(25)30-21(14)15)23-26-16-6-3-4-7-18(16)31-23/h3-4,6-9,28H,5,10-13,25H2,1-2H3/p+1. The number of nitrogens with two attached hydrogens (primary N) is 1. The van der Waals surface area contributed by atoms with Crippen LogP contribution in [0, 0.1) is 5.41 Å². The second-order valence-electron chi connectivity index (χ2n) is 9.22. The number of aromatic hydroxyl groups is 1. The lowest BCUT2D eigenvalue weighted by Gasteiger charge is -2.35. The highest BCUT2D eigenvalue weighted by Crippen LogP contribution is 2.35. The Labute approximate surface area is 183 Å². The number of nitrogens with zero attached hydrogens (tertiary/aromatic N) is 1. The molecular formula is C24H26N3O3S+. The monoisotopic (exact) mass is 436 g/mol. The molecule has 4 N–H and O–H groups in total. The van der Waals surface area contributed by atoms with Gasteiger partial charge in [-0.05, 0) is 37.1 Å². The van der Waals surface area contributed by atoms with E-state index in [0.717, 1.165) is 29.7 Å². The normalized spacial score (nSPS) is 18.6. The Morgan fingerprint density at radius 2 is 2.06 bits per heavy atom. The van der Waals surface area contributed by atoms with Crippen molar-refractivity contribution in [1.29, 1.82) is 0 Å². The van der Waals surface area contributed by atoms with Crippen molar-refractivity contribution in [3.05, 3.63) is 52.2 Å². The van der Waals surface area contributed by atoms with Crippen LogP contribution >= 0.6 is 11.3 Å². The summed E-state index contributed by atoms with van der Waals surface area (Å²) in [6.07, 6.45) is 2.34. The molecule has 0 bridgehead atoms. The molecule has 2 aromatic carbocycles. The summed E-state index contributed by atoms with van der Waals surface area (Å²) in [6.45, 7) is 7.18. The lowest BCUT2D eigenvalue weighted by Crippen LogP contribution is -3.13. The van der Waals surface area contributed by atoms with Gasteiger partial charge in [0, 0.05) is 5.41 Å². The third-order valence-corrected chi connectivity index (χ3v) is 7.27. The average Bonchev–Trinajstić information content (AvgIpc) is 3.13. The molecule has 6 nitrogen and oxygen atoms in total. The number of likely N-dealkylation sites (tertiary alicyclic amines) is 1. The Hall–Kier alpha value is -2.90. The number of nitrogens with one attached hydrogen (secondary N) is 1. The first-order chi connectivity index (χ1) is 14.8. The number of para-hydroxylation sites is 1. The minimum atomic E-state index is -0.215. The van der Waals surface area contributed by atoms with Gasteiger partial charge in [-0.25, -0.2) is 4.98 Å². The van der Waals surface area contributed by atoms with E-state index in [9.17, 15) is 9.90 Å². The number of hydrogen-bond acceptors (Lipinski definition) is 6. The number of hydrogen-bond donors (Lipinski definition) is 3. The Morgan fingerprint density at radius 3 is 2.84 bits per heavy atom. The lowest BCUT2D eigenvalue weighted by atomic mass is 9.84. The van der Waals surface area contributed by atoms with Gasteiger partial charge in [0.05, 0.1) is 34.3 Å². The summed E-state index contributed by atoms with van der Waals surface area (Å²) >= 11 is 1.42. The number of piperidine rings is 1. The molecule has 5 rings (SSSR count). The molecule has 7 heteroatoms. The number of fused-ring (bicyclic) bond motifs is 2. The molecule has 1 unspecified atom stereocenters. The number of quaternary nitrogens is 1. The molecule has 1 saturated heterocycles. The smallest absolute Gasteiger partial charge is 0.205 e. The zero-order valence-electron chi connectivity index (χ0n) is 17.7. The highest BCUT2D eigenvalue weighted by atomic mass is 32.1. The number of phenols is 1. The molecule has 160 valence electrons. The summed E-state index contributed by atoms with van der Waals surface area (Å²) in [6, 6.07) is 10.9. The van der Waals surface area contributed by atoms with Gasteiger partial charge in [0.15, 0.2) is 5.58 Å². The van der Waals surface area contributed by atoms with E-state index in [-0.39, 0.29) is 28.0 Å². The van der Waals surface area contributed by atoms with E-state index in [1.165, 1.54) is 22.7 Å². The van der Waals surface area contributed by atoms with E-state index in [2.05, 4.69) is 18.8 Å². The molecule has 3 heterocycles. The average molecular weight is 437 g/mol. The number of anilines is 1. The van der Waals surface area contributed by atoms with Crippen molar-refractivity contribution in [3.8, 4) is 16.3 Å². The third kappa shape index (κ3) is 3.58. The van der Waals surface area contributed by atoms with E-state index in [1.54, 1.807) is 12.1 Å². The second-order valence-corrected chi connectivity index (χ2v) is 10.2. The summed E-state index contributed by atoms with van der Waals surface area (Å²) in [5.74, 6) is 0.177. The van der Waals surface area contributed by atoms with E-state index < -0.39 is 0 Å². The SMILES string of the molecule is CC1(C)CCC[NH+](Cc2c(O)ccc3c(=O)c(-c4nc5ccccc5s4)c(N)oc23)C1. The topological polar surface area (TPSA) is 93.8 Å². The van der Waals surface area contributed by atoms with Gasteiger partial charge in [0.2, 0.25) is 11.3 Å². The van der Waals surface area contributed by atoms with Crippen molar-refractivity contribution >= 4 is 38.4 Å². The maximum atomic E-state index is 13.4. The van der Waals surface area contributed by atoms with Crippen LogP contribution in [0.25, 0.3) is 31.8 Å². The minimum absolute atomic E-state index is 0.0392. The fourth-order valence-corrected chi connectivity index (χ4v) is 5.76. The number of benzene rings is 2. The highest BCUT2D eigenvalue weighted by Gasteiger charge is 2.31. The van der Waals surface area contributed by atoms with Crippen LogP contribution in [0.4, 0.5) is 5.88 Å². The van der Waals surface area contributed by atoms with E-state index in [1.807, 2.05) is 24.3 Å². The maximum absolute atomic E-state index is 13.4. The first kappa shape index (κ1) is 20.0. The van der Waals surface area contributed by atoms with Gasteiger partial charge < -0.3 is 20.2 Å². The van der Waals surface area contributed by atoms with Crippen molar-refractivity contribution in [2.75, 3.05) is 18.8 Å². The van der Waals surface area contributed by atoms with Crippen LogP contribution < -0.4 is 16.1 Å². The van der Waals surface area contributed by atoms with Gasteiger partial charge in [-0.3, -0.25) is 4.79 Å². The fourth-order valence-electron chi connectivity index (χ4n) is 4.74. The van der Waals surface area contributed by atoms with Crippen LogP contribution in [0.2, 0.25) is 0 Å². The first-order valence-electron chi connectivity index (χ1n) is 10.6. The van der Waals surface area contributed by atoms with Crippen LogP contribution in [0.15, 0.2) is 45.6 Å². The number of phenolic OH excluding ortho intramolecular Hbond substituents is 1. The molecule has 0 spiro atoms. The fraction of sp³-hybridized carbons (Fsp3) is 0.333. The number of rotatable bonds is 3. The van der Waals surface area contributed by atoms with Crippen LogP contribution in [-0.2, 0) is 6.54 Å². The van der Waals surface area contributed by atoms with Crippen molar-refractivity contribution < 1.29 is 14.4 Å². The molecule has 0 saturated carbocycles. The molecule has 0 amide bonds. The summed E-state index contributed by atoms with van der Waals surface area (Å²) in [5.41, 5.74) is 8.42. The molecule has 0 radical (unpaired) electrons. The van der Waals surface area contributed by atoms with Crippen molar-refractivity contribution in [2.45, 2.75) is 33.2 Å². The van der Waals surface area contributed by atoms with Crippen LogP contribution in [0.3, 0.4) is 0 Å². The Morgan fingerprint density at radius 1 is 1.26 bits per heavy atom. The van der Waals surface area contributed by atoms with Gasteiger partial charge in [-0.15, -0.1) is 11.3 Å². The molecule has 0 aliphatic carbocycles. The van der Waals surface area contributed by atoms with Crippen LogP contribution in [0.5, 0.6) is 5.75 Å². The summed E-state index contributed by atoms with van der Waals surface area (Å²) in [4.78, 5) is 19.4. The number of thiazole rings is 1. The van der Waals surface area contributed by atoms with Gasteiger partial charge in [0.1, 0.15) is 22.9 Å². The van der Waals surface area contributed by atoms with Gasteiger partial charge in [0.25, 0.3) is 0 Å². The molecule has 4 aromatic rings. The minimum Gasteiger partial charge on any atom is -0.507 e. The Bertz CT molecular complexity index is 1320. The Balaban J connectivity index is 1.63. The molecule has 1 atom stereocenters. The van der Waals surface area contributed by atoms with E-state index in [0.29, 0.717) is 28.1 Å². The molecule has 31 heavy (non-hydrogen) atoms. The zero-order valence-corrected chi connectivity index (χ0v) is 18.5. The largest absolute Gasteiger partial charge is 0.507 e. The van der Waals surface area contributed by atoms with Crippen LogP contribution in [0.1, 0.15) is 32.3 Å². The number of nitrogen functional groups attached to an aromatic ring is 1. The van der Waals surface area contributed by atoms with Crippen molar-refractivity contribution in [2.24, 2.45) is 5.41 Å². The van der Waals surface area contributed by atoms with Crippen molar-refractivity contribution in [3.63, 3.8) is 0 Å². The second kappa shape index (κ2) is 7.35. The number of aromatic nitrogens is 1. The third-order valence-electron chi connectivity index (χ3n) is 6.21. The molecular weight excluding hydrogens is 410 g/mol. The Kier molecular flexibility index (Phi) is 4.75. The summed E-state index contributed by atoms with van der Waals surface area (Å²) < 4.78 is 6.99. The summed E-state index contributed by atoms with van der Waals surface area (Å²) in [5, 5.41) is 11.6. The highest BCUT2D eigenvalue weighted by molar-refractivity contribution is 7.21. The molecule has 1 aliphatic heterocycles. The predicted molar refractivity (Wildman–Crippen MR) is 125 cm³/mol. The molecule has 1 aliphatic rings. The van der Waals surface area contributed by atoms with E-state index in [4.69, 9.17) is 10.2 Å². The predicted octanol–water partition coefficient (Wildman–Crippen LogP) is 3.56. The van der Waals surface area contributed by atoms with Gasteiger partial charge in [-0.1, -0.05) is 26.0 Å². The maximum Gasteiger partial charge on any atom is 0.205 e. The molecule has 2 aromatic heterocycles. The van der Waals surface area contributed by atoms with Crippen molar-refractivity contribution in [1.82, 2.24) is 4.98 Å². The van der Waals surface area contributed by atoms with E-state index >= 15 is 0 Å².